The molecule has 0 aromatic carbocycles. The highest BCUT2D eigenvalue weighted by molar-refractivity contribution is 5.30. The van der Waals surface area contributed by atoms with Crippen molar-refractivity contribution in [1.82, 2.24) is 14.7 Å². The van der Waals surface area contributed by atoms with Gasteiger partial charge in [0, 0.05) is 20.1 Å². The van der Waals surface area contributed by atoms with E-state index in [-0.39, 0.29) is 0 Å². The summed E-state index contributed by atoms with van der Waals surface area (Å²) in [5.74, 6) is 0.823. The lowest BCUT2D eigenvalue weighted by Gasteiger charge is -2.15. The minimum atomic E-state index is 0.485. The molecule has 0 radical (unpaired) electrons. The Balaban J connectivity index is 1.89. The van der Waals surface area contributed by atoms with Crippen molar-refractivity contribution in [2.75, 3.05) is 26.2 Å². The molecule has 0 saturated carbocycles. The van der Waals surface area contributed by atoms with Crippen molar-refractivity contribution in [2.45, 2.75) is 26.3 Å². The summed E-state index contributed by atoms with van der Waals surface area (Å²) in [6.07, 6.45) is 2.64. The molecule has 1 fully saturated rings. The zero-order valence-electron chi connectivity index (χ0n) is 10.8. The van der Waals surface area contributed by atoms with Gasteiger partial charge >= 0.3 is 0 Å². The first-order valence-corrected chi connectivity index (χ1v) is 6.30. The summed E-state index contributed by atoms with van der Waals surface area (Å²) in [4.78, 5) is 2.44. The van der Waals surface area contributed by atoms with Crippen LogP contribution in [0.3, 0.4) is 0 Å². The van der Waals surface area contributed by atoms with Crippen LogP contribution in [-0.4, -0.2) is 40.9 Å². The zero-order valence-corrected chi connectivity index (χ0v) is 10.8. The second-order valence-electron chi connectivity index (χ2n) is 4.59. The van der Waals surface area contributed by atoms with Crippen LogP contribution in [0.2, 0.25) is 0 Å². The molecule has 0 atom stereocenters. The first-order chi connectivity index (χ1) is 8.22. The predicted molar refractivity (Wildman–Crippen MR) is 67.0 cm³/mol. The van der Waals surface area contributed by atoms with E-state index in [1.54, 1.807) is 4.68 Å². The Hall–Kier alpha value is -1.07. The molecule has 17 heavy (non-hydrogen) atoms. The van der Waals surface area contributed by atoms with E-state index >= 15 is 0 Å². The van der Waals surface area contributed by atoms with Crippen molar-refractivity contribution >= 4 is 0 Å². The van der Waals surface area contributed by atoms with Crippen LogP contribution in [-0.2, 0) is 13.6 Å². The summed E-state index contributed by atoms with van der Waals surface area (Å²) < 4.78 is 7.60. The molecule has 5 heteroatoms. The van der Waals surface area contributed by atoms with Crippen LogP contribution >= 0.6 is 0 Å². The van der Waals surface area contributed by atoms with Crippen molar-refractivity contribution in [1.29, 1.82) is 0 Å². The summed E-state index contributed by atoms with van der Waals surface area (Å²) >= 11 is 0. The second-order valence-corrected chi connectivity index (χ2v) is 4.59. The molecule has 2 N–H and O–H groups in total. The van der Waals surface area contributed by atoms with E-state index in [2.05, 4.69) is 10.00 Å². The van der Waals surface area contributed by atoms with Crippen molar-refractivity contribution in [2.24, 2.45) is 12.8 Å². The molecule has 0 aliphatic carbocycles. The summed E-state index contributed by atoms with van der Waals surface area (Å²) in [5, 5.41) is 4.33. The molecule has 96 valence electrons. The molecule has 5 nitrogen and oxygen atoms in total. The molecule has 1 aliphatic rings. The Bertz CT molecular complexity index is 369. The highest BCUT2D eigenvalue weighted by Gasteiger charge is 2.15. The first kappa shape index (κ1) is 12.4. The summed E-state index contributed by atoms with van der Waals surface area (Å²) in [5.41, 5.74) is 7.70. The molecule has 2 rings (SSSR count). The van der Waals surface area contributed by atoms with Crippen LogP contribution in [0.25, 0.3) is 0 Å². The van der Waals surface area contributed by atoms with Crippen LogP contribution in [0.1, 0.15) is 24.1 Å². The third-order valence-corrected chi connectivity index (χ3v) is 3.34. The Morgan fingerprint density at radius 2 is 2.06 bits per heavy atom. The smallest absolute Gasteiger partial charge is 0.216 e. The van der Waals surface area contributed by atoms with Gasteiger partial charge in [-0.2, -0.15) is 5.10 Å². The van der Waals surface area contributed by atoms with Gasteiger partial charge in [0.1, 0.15) is 6.61 Å². The van der Waals surface area contributed by atoms with Gasteiger partial charge in [-0.1, -0.05) is 0 Å². The highest BCUT2D eigenvalue weighted by Crippen LogP contribution is 2.20. The molecular formula is C12H22N4O. The molecule has 1 saturated heterocycles. The molecule has 1 aliphatic heterocycles. The summed E-state index contributed by atoms with van der Waals surface area (Å²) in [7, 11) is 1.90. The van der Waals surface area contributed by atoms with Gasteiger partial charge in [-0.25, -0.2) is 4.68 Å². The third kappa shape index (κ3) is 2.79. The number of nitrogens with two attached hydrogens (primary N) is 1. The van der Waals surface area contributed by atoms with Crippen molar-refractivity contribution in [3.05, 3.63) is 11.3 Å². The van der Waals surface area contributed by atoms with Crippen molar-refractivity contribution in [3.63, 3.8) is 0 Å². The fraction of sp³-hybridized carbons (Fsp3) is 0.750. The summed E-state index contributed by atoms with van der Waals surface area (Å²) in [6.45, 7) is 6.57. The lowest BCUT2D eigenvalue weighted by Crippen LogP contribution is -2.25. The van der Waals surface area contributed by atoms with Crippen LogP contribution in [0.5, 0.6) is 5.88 Å². The Labute approximate surface area is 103 Å². The summed E-state index contributed by atoms with van der Waals surface area (Å²) in [6, 6.07) is 0. The maximum atomic E-state index is 5.82. The Kier molecular flexibility index (Phi) is 4.02. The zero-order chi connectivity index (χ0) is 12.3. The van der Waals surface area contributed by atoms with E-state index < -0.39 is 0 Å². The molecule has 0 bridgehead atoms. The normalized spacial score (nSPS) is 16.6. The predicted octanol–water partition coefficient (Wildman–Crippen LogP) is 0.662. The Morgan fingerprint density at radius 1 is 1.35 bits per heavy atom. The van der Waals surface area contributed by atoms with E-state index in [0.29, 0.717) is 13.2 Å². The minimum Gasteiger partial charge on any atom is -0.476 e. The minimum absolute atomic E-state index is 0.485. The van der Waals surface area contributed by atoms with Crippen LogP contribution < -0.4 is 10.5 Å². The SMILES string of the molecule is Cc1nn(C)c(OCCN2CCCC2)c1CN. The fourth-order valence-electron chi connectivity index (χ4n) is 2.37. The maximum Gasteiger partial charge on any atom is 0.216 e. The average molecular weight is 238 g/mol. The third-order valence-electron chi connectivity index (χ3n) is 3.34. The molecule has 2 heterocycles. The van der Waals surface area contributed by atoms with Crippen LogP contribution in [0.15, 0.2) is 0 Å². The first-order valence-electron chi connectivity index (χ1n) is 6.30. The lowest BCUT2D eigenvalue weighted by atomic mass is 10.2. The van der Waals surface area contributed by atoms with E-state index in [1.165, 1.54) is 25.9 Å². The number of hydrogen-bond donors (Lipinski definition) is 1. The fourth-order valence-corrected chi connectivity index (χ4v) is 2.37. The maximum absolute atomic E-state index is 5.82. The number of ether oxygens (including phenoxy) is 1. The molecule has 0 spiro atoms. The van der Waals surface area contributed by atoms with Crippen molar-refractivity contribution < 1.29 is 4.74 Å². The van der Waals surface area contributed by atoms with Gasteiger partial charge in [-0.05, 0) is 32.9 Å². The van der Waals surface area contributed by atoms with Gasteiger partial charge in [0.05, 0.1) is 11.3 Å². The number of aromatic nitrogens is 2. The largest absolute Gasteiger partial charge is 0.476 e. The molecule has 1 aromatic heterocycles. The van der Waals surface area contributed by atoms with Crippen LogP contribution in [0, 0.1) is 6.92 Å². The number of nitrogens with zero attached hydrogens (tertiary/aromatic N) is 3. The quantitative estimate of drug-likeness (QED) is 0.819. The number of aryl methyl sites for hydroxylation is 2. The molecule has 0 amide bonds. The number of likely N-dealkylation sites (tertiary alicyclic amines) is 1. The second kappa shape index (κ2) is 5.51. The van der Waals surface area contributed by atoms with E-state index in [9.17, 15) is 0 Å². The van der Waals surface area contributed by atoms with Gasteiger partial charge in [-0.15, -0.1) is 0 Å². The van der Waals surface area contributed by atoms with Gasteiger partial charge in [0.15, 0.2) is 0 Å². The molecular weight excluding hydrogens is 216 g/mol. The van der Waals surface area contributed by atoms with E-state index in [0.717, 1.165) is 23.7 Å². The monoisotopic (exact) mass is 238 g/mol. The van der Waals surface area contributed by atoms with Gasteiger partial charge in [0.2, 0.25) is 5.88 Å². The van der Waals surface area contributed by atoms with Gasteiger partial charge < -0.3 is 10.5 Å². The average Bonchev–Trinajstić information content (AvgIpc) is 2.88. The van der Waals surface area contributed by atoms with Gasteiger partial charge in [-0.3, -0.25) is 4.90 Å². The topological polar surface area (TPSA) is 56.3 Å². The van der Waals surface area contributed by atoms with Gasteiger partial charge in [0.25, 0.3) is 0 Å². The van der Waals surface area contributed by atoms with E-state index in [1.807, 2.05) is 14.0 Å². The molecule has 1 aromatic rings. The number of rotatable bonds is 5. The lowest BCUT2D eigenvalue weighted by molar-refractivity contribution is 0.223. The van der Waals surface area contributed by atoms with E-state index in [4.69, 9.17) is 10.5 Å². The molecule has 0 unspecified atom stereocenters. The Morgan fingerprint density at radius 3 is 2.71 bits per heavy atom. The standard InChI is InChI=1S/C12H22N4O/c1-10-11(9-13)12(15(2)14-10)17-8-7-16-5-3-4-6-16/h3-9,13H2,1-2H3. The highest BCUT2D eigenvalue weighted by atomic mass is 16.5. The van der Waals surface area contributed by atoms with Crippen LogP contribution in [0.4, 0.5) is 0 Å². The number of hydrogen-bond acceptors (Lipinski definition) is 4. The van der Waals surface area contributed by atoms with Crippen molar-refractivity contribution in [3.8, 4) is 5.88 Å².